The molecule has 110 valence electrons. The van der Waals surface area contributed by atoms with E-state index in [1.807, 2.05) is 19.1 Å². The van der Waals surface area contributed by atoms with Gasteiger partial charge in [0.25, 0.3) is 0 Å². The second-order valence-corrected chi connectivity index (χ2v) is 6.04. The summed E-state index contributed by atoms with van der Waals surface area (Å²) in [5.41, 5.74) is 2.63. The lowest BCUT2D eigenvalue weighted by molar-refractivity contribution is 0.246. The van der Waals surface area contributed by atoms with E-state index in [9.17, 15) is 8.78 Å². The maximum Gasteiger partial charge on any atom is 0.149 e. The molecule has 2 aromatic carbocycles. The van der Waals surface area contributed by atoms with Gasteiger partial charge < -0.3 is 10.1 Å². The standard InChI is InChI=1S/C16H14BrF2NO/c1-9-2-3-16-10(4-9)5-11(21-16)8-20-15-6-12(17)13(18)7-14(15)19/h2-4,6-7,11,20H,5,8H2,1H3. The zero-order valence-electron chi connectivity index (χ0n) is 11.4. The molecule has 1 aliphatic heterocycles. The predicted octanol–water partition coefficient (Wildman–Crippen LogP) is 4.45. The average Bonchev–Trinajstić information content (AvgIpc) is 2.83. The molecule has 1 N–H and O–H groups in total. The number of halogens is 3. The molecule has 2 nitrogen and oxygen atoms in total. The summed E-state index contributed by atoms with van der Waals surface area (Å²) in [7, 11) is 0. The highest BCUT2D eigenvalue weighted by molar-refractivity contribution is 9.10. The minimum atomic E-state index is -0.613. The third-order valence-corrected chi connectivity index (χ3v) is 4.10. The summed E-state index contributed by atoms with van der Waals surface area (Å²) in [5, 5.41) is 2.98. The molecule has 0 spiro atoms. The molecule has 1 unspecified atom stereocenters. The van der Waals surface area contributed by atoms with Crippen molar-refractivity contribution in [1.82, 2.24) is 0 Å². The van der Waals surface area contributed by atoms with E-state index in [1.165, 1.54) is 17.2 Å². The van der Waals surface area contributed by atoms with Crippen LogP contribution in [0.25, 0.3) is 0 Å². The highest BCUT2D eigenvalue weighted by atomic mass is 79.9. The van der Waals surface area contributed by atoms with Gasteiger partial charge in [-0.05, 0) is 40.5 Å². The minimum absolute atomic E-state index is 0.0509. The van der Waals surface area contributed by atoms with Crippen molar-refractivity contribution in [2.45, 2.75) is 19.4 Å². The van der Waals surface area contributed by atoms with Gasteiger partial charge >= 0.3 is 0 Å². The van der Waals surface area contributed by atoms with Gasteiger partial charge in [-0.15, -0.1) is 0 Å². The fourth-order valence-electron chi connectivity index (χ4n) is 2.44. The summed E-state index contributed by atoms with van der Waals surface area (Å²) in [5.74, 6) is -0.340. The molecule has 0 saturated heterocycles. The molecule has 0 aliphatic carbocycles. The van der Waals surface area contributed by atoms with E-state index >= 15 is 0 Å². The molecule has 5 heteroatoms. The molecule has 3 rings (SSSR count). The van der Waals surface area contributed by atoms with Crippen LogP contribution >= 0.6 is 15.9 Å². The highest BCUT2D eigenvalue weighted by Crippen LogP contribution is 2.30. The van der Waals surface area contributed by atoms with E-state index in [1.54, 1.807) is 0 Å². The van der Waals surface area contributed by atoms with E-state index < -0.39 is 11.6 Å². The van der Waals surface area contributed by atoms with Crippen LogP contribution in [0, 0.1) is 18.6 Å². The number of hydrogen-bond donors (Lipinski definition) is 1. The lowest BCUT2D eigenvalue weighted by Crippen LogP contribution is -2.24. The Labute approximate surface area is 130 Å². The fraction of sp³-hybridized carbons (Fsp3) is 0.250. The summed E-state index contributed by atoms with van der Waals surface area (Å²) >= 11 is 3.05. The second kappa shape index (κ2) is 5.64. The van der Waals surface area contributed by atoms with Gasteiger partial charge in [0, 0.05) is 12.5 Å². The summed E-state index contributed by atoms with van der Waals surface area (Å²) in [6.45, 7) is 2.50. The first-order valence-corrected chi connectivity index (χ1v) is 7.47. The number of rotatable bonds is 3. The van der Waals surface area contributed by atoms with E-state index in [0.717, 1.165) is 18.2 Å². The van der Waals surface area contributed by atoms with Crippen molar-refractivity contribution >= 4 is 21.6 Å². The first kappa shape index (κ1) is 14.3. The lowest BCUT2D eigenvalue weighted by Gasteiger charge is -2.14. The Balaban J connectivity index is 1.66. The summed E-state index contributed by atoms with van der Waals surface area (Å²) in [6, 6.07) is 8.33. The molecule has 1 heterocycles. The van der Waals surface area contributed by atoms with E-state index in [-0.39, 0.29) is 16.3 Å². The topological polar surface area (TPSA) is 21.3 Å². The van der Waals surface area contributed by atoms with Crippen LogP contribution in [0.3, 0.4) is 0 Å². The Morgan fingerprint density at radius 2 is 2.05 bits per heavy atom. The summed E-state index contributed by atoms with van der Waals surface area (Å²) in [6.07, 6.45) is 0.735. The second-order valence-electron chi connectivity index (χ2n) is 5.18. The van der Waals surface area contributed by atoms with Gasteiger partial charge in [0.1, 0.15) is 23.5 Å². The maximum atomic E-state index is 13.7. The first-order chi connectivity index (χ1) is 10.0. The van der Waals surface area contributed by atoms with Crippen LogP contribution in [-0.4, -0.2) is 12.6 Å². The van der Waals surface area contributed by atoms with Gasteiger partial charge in [0.2, 0.25) is 0 Å². The number of aryl methyl sites for hydroxylation is 1. The van der Waals surface area contributed by atoms with Crippen molar-refractivity contribution in [3.05, 3.63) is 57.6 Å². The van der Waals surface area contributed by atoms with Crippen LogP contribution in [-0.2, 0) is 6.42 Å². The SMILES string of the molecule is Cc1ccc2c(c1)CC(CNc1cc(Br)c(F)cc1F)O2. The smallest absolute Gasteiger partial charge is 0.149 e. The lowest BCUT2D eigenvalue weighted by atomic mass is 10.1. The van der Waals surface area contributed by atoms with E-state index in [4.69, 9.17) is 4.74 Å². The molecule has 0 radical (unpaired) electrons. The Hall–Kier alpha value is -1.62. The number of ether oxygens (including phenoxy) is 1. The highest BCUT2D eigenvalue weighted by Gasteiger charge is 2.23. The van der Waals surface area contributed by atoms with Gasteiger partial charge in [-0.2, -0.15) is 0 Å². The molecular weight excluding hydrogens is 340 g/mol. The minimum Gasteiger partial charge on any atom is -0.488 e. The third-order valence-electron chi connectivity index (χ3n) is 3.49. The molecule has 0 bridgehead atoms. The Kier molecular flexibility index (Phi) is 3.85. The van der Waals surface area contributed by atoms with Gasteiger partial charge in [-0.1, -0.05) is 17.7 Å². The average molecular weight is 354 g/mol. The van der Waals surface area contributed by atoms with Crippen LogP contribution in [0.5, 0.6) is 5.75 Å². The van der Waals surface area contributed by atoms with Gasteiger partial charge in [-0.3, -0.25) is 0 Å². The van der Waals surface area contributed by atoms with Crippen molar-refractivity contribution in [3.8, 4) is 5.75 Å². The molecule has 0 amide bonds. The Bertz CT molecular complexity index is 690. The zero-order valence-corrected chi connectivity index (χ0v) is 13.0. The third kappa shape index (κ3) is 3.02. The quantitative estimate of drug-likeness (QED) is 0.823. The zero-order chi connectivity index (χ0) is 15.0. The van der Waals surface area contributed by atoms with Gasteiger partial charge in [-0.25, -0.2) is 8.78 Å². The summed E-state index contributed by atoms with van der Waals surface area (Å²) in [4.78, 5) is 0. The van der Waals surface area contributed by atoms with Gasteiger partial charge in [0.05, 0.1) is 16.7 Å². The van der Waals surface area contributed by atoms with E-state index in [2.05, 4.69) is 27.3 Å². The number of benzene rings is 2. The van der Waals surface area contributed by atoms with Crippen LogP contribution in [0.4, 0.5) is 14.5 Å². The molecule has 21 heavy (non-hydrogen) atoms. The van der Waals surface area contributed by atoms with Crippen molar-refractivity contribution in [1.29, 1.82) is 0 Å². The monoisotopic (exact) mass is 353 g/mol. The van der Waals surface area contributed by atoms with Crippen LogP contribution in [0.2, 0.25) is 0 Å². The number of fused-ring (bicyclic) bond motifs is 1. The van der Waals surface area contributed by atoms with Crippen LogP contribution in [0.1, 0.15) is 11.1 Å². The van der Waals surface area contributed by atoms with Gasteiger partial charge in [0.15, 0.2) is 0 Å². The van der Waals surface area contributed by atoms with Crippen LogP contribution < -0.4 is 10.1 Å². The Morgan fingerprint density at radius 1 is 1.24 bits per heavy atom. The number of nitrogens with one attached hydrogen (secondary N) is 1. The number of hydrogen-bond acceptors (Lipinski definition) is 2. The molecule has 1 aliphatic rings. The molecule has 1 atom stereocenters. The fourth-order valence-corrected chi connectivity index (χ4v) is 2.79. The van der Waals surface area contributed by atoms with Crippen LogP contribution in [0.15, 0.2) is 34.8 Å². The van der Waals surface area contributed by atoms with Crippen molar-refractivity contribution in [2.24, 2.45) is 0 Å². The maximum absolute atomic E-state index is 13.7. The molecule has 2 aromatic rings. The molecule has 0 fully saturated rings. The molecule has 0 aromatic heterocycles. The first-order valence-electron chi connectivity index (χ1n) is 6.67. The van der Waals surface area contributed by atoms with Crippen molar-refractivity contribution in [3.63, 3.8) is 0 Å². The molecule has 0 saturated carbocycles. The van der Waals surface area contributed by atoms with E-state index in [0.29, 0.717) is 6.54 Å². The molecular formula is C16H14BrF2NO. The Morgan fingerprint density at radius 3 is 2.86 bits per heavy atom. The van der Waals surface area contributed by atoms with Crippen molar-refractivity contribution in [2.75, 3.05) is 11.9 Å². The normalized spacial score (nSPS) is 16.5. The summed E-state index contributed by atoms with van der Waals surface area (Å²) < 4.78 is 32.9. The predicted molar refractivity (Wildman–Crippen MR) is 81.8 cm³/mol. The largest absolute Gasteiger partial charge is 0.488 e. The number of anilines is 1. The van der Waals surface area contributed by atoms with Crippen molar-refractivity contribution < 1.29 is 13.5 Å².